The predicted molar refractivity (Wildman–Crippen MR) is 79.5 cm³/mol. The van der Waals surface area contributed by atoms with Crippen molar-refractivity contribution in [2.45, 2.75) is 6.92 Å². The lowest BCUT2D eigenvalue weighted by atomic mass is 10.2. The van der Waals surface area contributed by atoms with Crippen LogP contribution in [-0.4, -0.2) is 36.3 Å². The minimum Gasteiger partial charge on any atom is -0.332 e. The maximum Gasteiger partial charge on any atom is 0.196 e. The van der Waals surface area contributed by atoms with Crippen LogP contribution >= 0.6 is 11.3 Å². The van der Waals surface area contributed by atoms with Crippen molar-refractivity contribution < 1.29 is 4.79 Å². The Balaban J connectivity index is 2.15. The van der Waals surface area contributed by atoms with Gasteiger partial charge in [-0.25, -0.2) is 4.98 Å². The minimum atomic E-state index is 0.0554. The molecule has 19 heavy (non-hydrogen) atoms. The van der Waals surface area contributed by atoms with E-state index < -0.39 is 0 Å². The van der Waals surface area contributed by atoms with Gasteiger partial charge in [0.25, 0.3) is 0 Å². The number of thiazole rings is 1. The highest BCUT2D eigenvalue weighted by Crippen LogP contribution is 2.25. The molecule has 0 saturated carbocycles. The smallest absolute Gasteiger partial charge is 0.196 e. The highest BCUT2D eigenvalue weighted by Gasteiger charge is 2.15. The van der Waals surface area contributed by atoms with Gasteiger partial charge in [-0.3, -0.25) is 4.79 Å². The SMILES string of the molecule is Cc1sc(Nc2ccccc2)nc1C(=O)CN(C)C. The highest BCUT2D eigenvalue weighted by atomic mass is 32.1. The number of Topliss-reactive ketones (excluding diaryl/α,β-unsaturated/α-hetero) is 1. The molecule has 0 atom stereocenters. The van der Waals surface area contributed by atoms with Crippen molar-refractivity contribution in [1.29, 1.82) is 0 Å². The third-order valence-corrected chi connectivity index (χ3v) is 3.43. The first-order chi connectivity index (χ1) is 9.06. The molecule has 1 aromatic heterocycles. The topological polar surface area (TPSA) is 45.2 Å². The standard InChI is InChI=1S/C14H17N3OS/c1-10-13(12(18)9-17(2)3)16-14(19-10)15-11-7-5-4-6-8-11/h4-8H,9H2,1-3H3,(H,15,16). The van der Waals surface area contributed by atoms with Crippen molar-refractivity contribution in [3.05, 3.63) is 40.9 Å². The molecule has 1 heterocycles. The Kier molecular flexibility index (Phi) is 4.29. The Bertz CT molecular complexity index is 563. The summed E-state index contributed by atoms with van der Waals surface area (Å²) >= 11 is 1.50. The van der Waals surface area contributed by atoms with Gasteiger partial charge in [0.2, 0.25) is 0 Å². The predicted octanol–water partition coefficient (Wildman–Crippen LogP) is 2.94. The summed E-state index contributed by atoms with van der Waals surface area (Å²) in [5.41, 5.74) is 1.54. The number of likely N-dealkylation sites (N-methyl/N-ethyl adjacent to an activating group) is 1. The van der Waals surface area contributed by atoms with Gasteiger partial charge in [0.05, 0.1) is 6.54 Å². The van der Waals surface area contributed by atoms with Gasteiger partial charge in [-0.2, -0.15) is 0 Å². The lowest BCUT2D eigenvalue weighted by molar-refractivity contribution is 0.0953. The number of carbonyl (C=O) groups excluding carboxylic acids is 1. The molecule has 100 valence electrons. The first-order valence-electron chi connectivity index (χ1n) is 6.03. The van der Waals surface area contributed by atoms with Crippen LogP contribution in [0.25, 0.3) is 0 Å². The zero-order valence-corrected chi connectivity index (χ0v) is 12.1. The van der Waals surface area contributed by atoms with E-state index >= 15 is 0 Å². The molecule has 0 aliphatic heterocycles. The van der Waals surface area contributed by atoms with Gasteiger partial charge < -0.3 is 10.2 Å². The lowest BCUT2D eigenvalue weighted by Gasteiger charge is -2.06. The second kappa shape index (κ2) is 5.95. The number of benzene rings is 1. The molecule has 0 fully saturated rings. The molecule has 5 heteroatoms. The molecule has 4 nitrogen and oxygen atoms in total. The second-order valence-corrected chi connectivity index (χ2v) is 5.78. The molecule has 0 unspecified atom stereocenters. The van der Waals surface area contributed by atoms with Crippen molar-refractivity contribution in [1.82, 2.24) is 9.88 Å². The molecule has 0 bridgehead atoms. The van der Waals surface area contributed by atoms with Crippen LogP contribution in [0.15, 0.2) is 30.3 Å². The first-order valence-corrected chi connectivity index (χ1v) is 6.85. The van der Waals surface area contributed by atoms with Crippen LogP contribution in [0.4, 0.5) is 10.8 Å². The summed E-state index contributed by atoms with van der Waals surface area (Å²) in [4.78, 5) is 19.2. The number of hydrogen-bond acceptors (Lipinski definition) is 5. The van der Waals surface area contributed by atoms with Crippen molar-refractivity contribution in [3.63, 3.8) is 0 Å². The third kappa shape index (κ3) is 3.62. The van der Waals surface area contributed by atoms with E-state index in [-0.39, 0.29) is 5.78 Å². The van der Waals surface area contributed by atoms with E-state index in [0.717, 1.165) is 15.7 Å². The second-order valence-electron chi connectivity index (χ2n) is 4.58. The summed E-state index contributed by atoms with van der Waals surface area (Å²) in [6, 6.07) is 9.82. The van der Waals surface area contributed by atoms with Gasteiger partial charge in [0.15, 0.2) is 10.9 Å². The number of rotatable bonds is 5. The van der Waals surface area contributed by atoms with Gasteiger partial charge in [0.1, 0.15) is 5.69 Å². The van der Waals surface area contributed by atoms with Gasteiger partial charge in [-0.05, 0) is 33.2 Å². The van der Waals surface area contributed by atoms with Crippen molar-refractivity contribution in [2.75, 3.05) is 26.0 Å². The molecule has 2 rings (SSSR count). The summed E-state index contributed by atoms with van der Waals surface area (Å²) in [6.07, 6.45) is 0. The van der Waals surface area contributed by atoms with E-state index in [1.54, 1.807) is 0 Å². The van der Waals surface area contributed by atoms with Crippen LogP contribution in [0.1, 0.15) is 15.4 Å². The molecule has 0 aliphatic rings. The molecular formula is C14H17N3OS. The number of nitrogens with one attached hydrogen (secondary N) is 1. The molecule has 2 aromatic rings. The van der Waals surface area contributed by atoms with E-state index in [2.05, 4.69) is 10.3 Å². The molecule has 0 aliphatic carbocycles. The fourth-order valence-electron chi connectivity index (χ4n) is 1.72. The van der Waals surface area contributed by atoms with Gasteiger partial charge in [0, 0.05) is 10.6 Å². The van der Waals surface area contributed by atoms with Crippen molar-refractivity contribution in [3.8, 4) is 0 Å². The molecule has 1 aromatic carbocycles. The summed E-state index contributed by atoms with van der Waals surface area (Å²) in [5, 5.41) is 3.97. The van der Waals surface area contributed by atoms with Gasteiger partial charge in [-0.1, -0.05) is 18.2 Å². The summed E-state index contributed by atoms with van der Waals surface area (Å²) < 4.78 is 0. The largest absolute Gasteiger partial charge is 0.332 e. The fraction of sp³-hybridized carbons (Fsp3) is 0.286. The summed E-state index contributed by atoms with van der Waals surface area (Å²) in [7, 11) is 3.76. The number of anilines is 2. The Morgan fingerprint density at radius 2 is 2.00 bits per heavy atom. The highest BCUT2D eigenvalue weighted by molar-refractivity contribution is 7.15. The van der Waals surface area contributed by atoms with E-state index in [9.17, 15) is 4.79 Å². The number of carbonyl (C=O) groups is 1. The number of nitrogens with zero attached hydrogens (tertiary/aromatic N) is 2. The molecule has 0 amide bonds. The Labute approximate surface area is 117 Å². The number of para-hydroxylation sites is 1. The maximum atomic E-state index is 12.0. The Morgan fingerprint density at radius 1 is 1.32 bits per heavy atom. The number of hydrogen-bond donors (Lipinski definition) is 1. The summed E-state index contributed by atoms with van der Waals surface area (Å²) in [6.45, 7) is 2.31. The Hall–Kier alpha value is -1.72. The first kappa shape index (κ1) is 13.7. The zero-order valence-electron chi connectivity index (χ0n) is 11.3. The summed E-state index contributed by atoms with van der Waals surface area (Å²) in [5.74, 6) is 0.0554. The number of aromatic nitrogens is 1. The Morgan fingerprint density at radius 3 is 2.63 bits per heavy atom. The van der Waals surface area contributed by atoms with Crippen LogP contribution < -0.4 is 5.32 Å². The van der Waals surface area contributed by atoms with Crippen LogP contribution in [0, 0.1) is 6.92 Å². The van der Waals surface area contributed by atoms with E-state index in [1.165, 1.54) is 11.3 Å². The average molecular weight is 275 g/mol. The van der Waals surface area contributed by atoms with Crippen LogP contribution in [-0.2, 0) is 0 Å². The fourth-order valence-corrected chi connectivity index (χ4v) is 2.57. The van der Waals surface area contributed by atoms with Crippen molar-refractivity contribution in [2.24, 2.45) is 0 Å². The lowest BCUT2D eigenvalue weighted by Crippen LogP contribution is -2.22. The third-order valence-electron chi connectivity index (χ3n) is 2.55. The monoisotopic (exact) mass is 275 g/mol. The minimum absolute atomic E-state index is 0.0554. The van der Waals surface area contributed by atoms with Gasteiger partial charge >= 0.3 is 0 Å². The molecule has 1 N–H and O–H groups in total. The van der Waals surface area contributed by atoms with Crippen LogP contribution in [0.5, 0.6) is 0 Å². The van der Waals surface area contributed by atoms with E-state index in [1.807, 2.05) is 56.3 Å². The van der Waals surface area contributed by atoms with E-state index in [4.69, 9.17) is 0 Å². The number of aryl methyl sites for hydroxylation is 1. The van der Waals surface area contributed by atoms with Crippen LogP contribution in [0.2, 0.25) is 0 Å². The molecule has 0 radical (unpaired) electrons. The molecule has 0 spiro atoms. The number of ketones is 1. The normalized spacial score (nSPS) is 10.7. The zero-order chi connectivity index (χ0) is 13.8. The molecule has 0 saturated heterocycles. The van der Waals surface area contributed by atoms with Crippen molar-refractivity contribution >= 4 is 27.9 Å². The molecular weight excluding hydrogens is 258 g/mol. The quantitative estimate of drug-likeness (QED) is 0.852. The maximum absolute atomic E-state index is 12.0. The van der Waals surface area contributed by atoms with E-state index in [0.29, 0.717) is 12.2 Å². The van der Waals surface area contributed by atoms with Gasteiger partial charge in [-0.15, -0.1) is 11.3 Å². The average Bonchev–Trinajstić information content (AvgIpc) is 2.70. The van der Waals surface area contributed by atoms with Crippen LogP contribution in [0.3, 0.4) is 0 Å².